The number of aromatic nitrogens is 2. The predicted molar refractivity (Wildman–Crippen MR) is 99.5 cm³/mol. The fourth-order valence-electron chi connectivity index (χ4n) is 2.35. The van der Waals surface area contributed by atoms with Crippen molar-refractivity contribution in [2.45, 2.75) is 17.4 Å². The standard InChI is InChI=1S/C18H19N3OS2/c22-18(9-13-23-15-6-2-1-3-7-15)19-14-16(17-8-4-12-24-17)21-11-5-10-20-21/h1-8,10-12,16H,9,13-14H2,(H,19,22). The van der Waals surface area contributed by atoms with Gasteiger partial charge >= 0.3 is 0 Å². The smallest absolute Gasteiger partial charge is 0.220 e. The van der Waals surface area contributed by atoms with E-state index in [0.29, 0.717) is 13.0 Å². The summed E-state index contributed by atoms with van der Waals surface area (Å²) in [5.41, 5.74) is 0. The minimum absolute atomic E-state index is 0.0470. The molecule has 1 N–H and O–H groups in total. The van der Waals surface area contributed by atoms with Crippen LogP contribution in [0.25, 0.3) is 0 Å². The molecule has 0 fully saturated rings. The van der Waals surface area contributed by atoms with Crippen molar-refractivity contribution in [1.82, 2.24) is 15.1 Å². The average molecular weight is 358 g/mol. The highest BCUT2D eigenvalue weighted by Crippen LogP contribution is 2.22. The van der Waals surface area contributed by atoms with Gasteiger partial charge in [0.15, 0.2) is 0 Å². The Hall–Kier alpha value is -2.05. The van der Waals surface area contributed by atoms with Crippen LogP contribution >= 0.6 is 23.1 Å². The number of nitrogens with one attached hydrogen (secondary N) is 1. The molecule has 0 spiro atoms. The van der Waals surface area contributed by atoms with Gasteiger partial charge in [0, 0.05) is 40.9 Å². The van der Waals surface area contributed by atoms with E-state index in [1.165, 1.54) is 9.77 Å². The van der Waals surface area contributed by atoms with Gasteiger partial charge in [0.1, 0.15) is 6.04 Å². The lowest BCUT2D eigenvalue weighted by Crippen LogP contribution is -2.31. The molecule has 0 aliphatic heterocycles. The number of thioether (sulfide) groups is 1. The Bertz CT molecular complexity index is 693. The molecule has 3 rings (SSSR count). The van der Waals surface area contributed by atoms with Crippen LogP contribution in [0.4, 0.5) is 0 Å². The SMILES string of the molecule is O=C(CCSc1ccccc1)NCC(c1cccs1)n1cccn1. The molecule has 0 bridgehead atoms. The fourth-order valence-corrected chi connectivity index (χ4v) is 4.04. The van der Waals surface area contributed by atoms with Gasteiger partial charge in [-0.15, -0.1) is 23.1 Å². The second-order valence-electron chi connectivity index (χ2n) is 5.23. The summed E-state index contributed by atoms with van der Waals surface area (Å²) in [5.74, 6) is 0.855. The number of benzene rings is 1. The second-order valence-corrected chi connectivity index (χ2v) is 7.38. The van der Waals surface area contributed by atoms with E-state index in [-0.39, 0.29) is 11.9 Å². The molecule has 6 heteroatoms. The highest BCUT2D eigenvalue weighted by atomic mass is 32.2. The van der Waals surface area contributed by atoms with E-state index in [0.717, 1.165) is 5.75 Å². The number of nitrogens with zero attached hydrogens (tertiary/aromatic N) is 2. The molecule has 0 aliphatic rings. The van der Waals surface area contributed by atoms with E-state index in [1.54, 1.807) is 29.3 Å². The van der Waals surface area contributed by atoms with Crippen molar-refractivity contribution in [3.8, 4) is 0 Å². The Morgan fingerprint density at radius 1 is 1.21 bits per heavy atom. The molecule has 0 saturated carbocycles. The molecular formula is C18H19N3OS2. The molecule has 24 heavy (non-hydrogen) atoms. The lowest BCUT2D eigenvalue weighted by molar-refractivity contribution is -0.120. The number of hydrogen-bond acceptors (Lipinski definition) is 4. The maximum absolute atomic E-state index is 12.1. The summed E-state index contributed by atoms with van der Waals surface area (Å²) >= 11 is 3.38. The van der Waals surface area contributed by atoms with Crippen molar-refractivity contribution < 1.29 is 4.79 Å². The van der Waals surface area contributed by atoms with Gasteiger partial charge in [0.25, 0.3) is 0 Å². The van der Waals surface area contributed by atoms with E-state index >= 15 is 0 Å². The van der Waals surface area contributed by atoms with E-state index in [1.807, 2.05) is 46.6 Å². The zero-order valence-corrected chi connectivity index (χ0v) is 14.8. The van der Waals surface area contributed by atoms with Crippen LogP contribution in [0.15, 0.2) is 71.2 Å². The predicted octanol–water partition coefficient (Wildman–Crippen LogP) is 3.83. The molecule has 3 aromatic rings. The fraction of sp³-hybridized carbons (Fsp3) is 0.222. The molecule has 1 atom stereocenters. The highest BCUT2D eigenvalue weighted by molar-refractivity contribution is 7.99. The van der Waals surface area contributed by atoms with Gasteiger partial charge in [-0.05, 0) is 29.6 Å². The minimum atomic E-state index is 0.0470. The summed E-state index contributed by atoms with van der Waals surface area (Å²) in [6, 6.07) is 16.2. The zero-order valence-electron chi connectivity index (χ0n) is 13.2. The molecule has 1 amide bonds. The summed E-state index contributed by atoms with van der Waals surface area (Å²) < 4.78 is 1.89. The Kier molecular flexibility index (Phi) is 6.09. The van der Waals surface area contributed by atoms with Crippen LogP contribution in [0.5, 0.6) is 0 Å². The Balaban J connectivity index is 1.49. The maximum atomic E-state index is 12.1. The van der Waals surface area contributed by atoms with Gasteiger partial charge < -0.3 is 5.32 Å². The van der Waals surface area contributed by atoms with Crippen molar-refractivity contribution in [2.75, 3.05) is 12.3 Å². The van der Waals surface area contributed by atoms with Gasteiger partial charge in [-0.25, -0.2) is 0 Å². The topological polar surface area (TPSA) is 46.9 Å². The number of carbonyl (C=O) groups is 1. The van der Waals surface area contributed by atoms with Crippen LogP contribution in [-0.4, -0.2) is 28.0 Å². The molecule has 2 aromatic heterocycles. The zero-order chi connectivity index (χ0) is 16.6. The van der Waals surface area contributed by atoms with Crippen molar-refractivity contribution >= 4 is 29.0 Å². The summed E-state index contributed by atoms with van der Waals surface area (Å²) in [5, 5.41) is 9.41. The van der Waals surface area contributed by atoms with Crippen LogP contribution in [0.3, 0.4) is 0 Å². The Labute approximate surface area is 149 Å². The van der Waals surface area contributed by atoms with Crippen LogP contribution in [-0.2, 0) is 4.79 Å². The van der Waals surface area contributed by atoms with E-state index in [2.05, 4.69) is 28.6 Å². The van der Waals surface area contributed by atoms with Crippen molar-refractivity contribution in [3.63, 3.8) is 0 Å². The number of hydrogen-bond donors (Lipinski definition) is 1. The first kappa shape index (κ1) is 16.8. The van der Waals surface area contributed by atoms with Gasteiger partial charge in [-0.3, -0.25) is 9.48 Å². The highest BCUT2D eigenvalue weighted by Gasteiger charge is 2.16. The Morgan fingerprint density at radius 2 is 2.08 bits per heavy atom. The normalized spacial score (nSPS) is 12.0. The van der Waals surface area contributed by atoms with Gasteiger partial charge in [0.05, 0.1) is 0 Å². The lowest BCUT2D eigenvalue weighted by atomic mass is 10.2. The molecule has 124 valence electrons. The first-order chi connectivity index (χ1) is 11.8. The third kappa shape index (κ3) is 4.72. The summed E-state index contributed by atoms with van der Waals surface area (Å²) in [6.07, 6.45) is 4.20. The quantitative estimate of drug-likeness (QED) is 0.623. The van der Waals surface area contributed by atoms with E-state index in [4.69, 9.17) is 0 Å². The minimum Gasteiger partial charge on any atom is -0.354 e. The number of amides is 1. The molecular weight excluding hydrogens is 338 g/mol. The number of rotatable bonds is 8. The lowest BCUT2D eigenvalue weighted by Gasteiger charge is -2.17. The summed E-state index contributed by atoms with van der Waals surface area (Å²) in [4.78, 5) is 14.5. The van der Waals surface area contributed by atoms with Crippen molar-refractivity contribution in [3.05, 3.63) is 71.2 Å². The first-order valence-electron chi connectivity index (χ1n) is 7.80. The Morgan fingerprint density at radius 3 is 2.79 bits per heavy atom. The molecule has 2 heterocycles. The molecule has 0 saturated heterocycles. The van der Waals surface area contributed by atoms with Crippen molar-refractivity contribution in [1.29, 1.82) is 0 Å². The molecule has 1 aromatic carbocycles. The first-order valence-corrected chi connectivity index (χ1v) is 9.66. The largest absolute Gasteiger partial charge is 0.354 e. The van der Waals surface area contributed by atoms with E-state index < -0.39 is 0 Å². The third-order valence-corrected chi connectivity index (χ3v) is 5.54. The average Bonchev–Trinajstić information content (AvgIpc) is 3.30. The third-order valence-electron chi connectivity index (χ3n) is 3.55. The maximum Gasteiger partial charge on any atom is 0.220 e. The second kappa shape index (κ2) is 8.70. The van der Waals surface area contributed by atoms with Gasteiger partial charge in [-0.1, -0.05) is 24.3 Å². The molecule has 4 nitrogen and oxygen atoms in total. The monoisotopic (exact) mass is 357 g/mol. The number of thiophene rings is 1. The van der Waals surface area contributed by atoms with Gasteiger partial charge in [-0.2, -0.15) is 5.10 Å². The van der Waals surface area contributed by atoms with Crippen LogP contribution < -0.4 is 5.32 Å². The van der Waals surface area contributed by atoms with E-state index in [9.17, 15) is 4.79 Å². The number of carbonyl (C=O) groups excluding carboxylic acids is 1. The molecule has 0 aliphatic carbocycles. The van der Waals surface area contributed by atoms with Crippen LogP contribution in [0.2, 0.25) is 0 Å². The van der Waals surface area contributed by atoms with Gasteiger partial charge in [0.2, 0.25) is 5.91 Å². The molecule has 1 unspecified atom stereocenters. The van der Waals surface area contributed by atoms with Crippen LogP contribution in [0, 0.1) is 0 Å². The molecule has 0 radical (unpaired) electrons. The summed E-state index contributed by atoms with van der Waals surface area (Å²) in [6.45, 7) is 0.553. The van der Waals surface area contributed by atoms with Crippen molar-refractivity contribution in [2.24, 2.45) is 0 Å². The summed E-state index contributed by atoms with van der Waals surface area (Å²) in [7, 11) is 0. The van der Waals surface area contributed by atoms with Crippen LogP contribution in [0.1, 0.15) is 17.3 Å².